The largest absolute Gasteiger partial charge is 0.454 e. The number of anilines is 1. The molecule has 4 rings (SSSR count). The van der Waals surface area contributed by atoms with Crippen molar-refractivity contribution in [3.8, 4) is 11.5 Å². The number of benzene rings is 2. The van der Waals surface area contributed by atoms with Crippen molar-refractivity contribution in [2.24, 2.45) is 0 Å². The number of carbonyl (C=O) groups is 1. The minimum Gasteiger partial charge on any atom is -0.454 e. The van der Waals surface area contributed by atoms with Crippen molar-refractivity contribution in [1.82, 2.24) is 4.98 Å². The summed E-state index contributed by atoms with van der Waals surface area (Å²) in [6.45, 7) is 4.09. The van der Waals surface area contributed by atoms with E-state index in [1.165, 1.54) is 0 Å². The van der Waals surface area contributed by atoms with Gasteiger partial charge >= 0.3 is 0 Å². The van der Waals surface area contributed by atoms with Crippen LogP contribution < -0.4 is 14.8 Å². The van der Waals surface area contributed by atoms with Crippen LogP contribution in [0.2, 0.25) is 0 Å². The van der Waals surface area contributed by atoms with Gasteiger partial charge in [-0.3, -0.25) is 9.78 Å². The summed E-state index contributed by atoms with van der Waals surface area (Å²) < 4.78 is 10.6. The van der Waals surface area contributed by atoms with E-state index in [9.17, 15) is 4.79 Å². The predicted molar refractivity (Wildman–Crippen MR) is 92.0 cm³/mol. The number of amides is 1. The molecule has 1 aliphatic rings. The third-order valence-electron chi connectivity index (χ3n) is 3.88. The highest BCUT2D eigenvalue weighted by molar-refractivity contribution is 6.25. The van der Waals surface area contributed by atoms with Gasteiger partial charge in [-0.2, -0.15) is 0 Å². The van der Waals surface area contributed by atoms with Gasteiger partial charge in [0.25, 0.3) is 5.91 Å². The normalized spacial score (nSPS) is 12.2. The summed E-state index contributed by atoms with van der Waals surface area (Å²) in [6.07, 6.45) is 1.70. The molecule has 0 saturated carbocycles. The summed E-state index contributed by atoms with van der Waals surface area (Å²) in [5, 5.41) is 3.84. The number of nitrogens with zero attached hydrogens (tertiary/aromatic N) is 1. The molecular formula is C19H14N2O3. The van der Waals surface area contributed by atoms with Crippen LogP contribution in [-0.4, -0.2) is 17.7 Å². The molecule has 0 unspecified atom stereocenters. The summed E-state index contributed by atoms with van der Waals surface area (Å²) in [5.74, 6) is 1.01. The van der Waals surface area contributed by atoms with Gasteiger partial charge in [-0.05, 0) is 29.8 Å². The molecule has 1 aromatic heterocycles. The number of nitrogens with one attached hydrogen (secondary N) is 1. The first-order valence-corrected chi connectivity index (χ1v) is 7.46. The first-order valence-electron chi connectivity index (χ1n) is 7.46. The monoisotopic (exact) mass is 318 g/mol. The Morgan fingerprint density at radius 3 is 2.83 bits per heavy atom. The molecule has 1 aliphatic heterocycles. The number of para-hydroxylation sites is 1. The maximum Gasteiger partial charge on any atom is 0.255 e. The maximum absolute atomic E-state index is 12.5. The van der Waals surface area contributed by atoms with Crippen molar-refractivity contribution in [2.75, 3.05) is 12.1 Å². The third-order valence-corrected chi connectivity index (χ3v) is 3.88. The van der Waals surface area contributed by atoms with Crippen molar-refractivity contribution < 1.29 is 14.3 Å². The zero-order chi connectivity index (χ0) is 16.5. The number of rotatable bonds is 3. The van der Waals surface area contributed by atoms with E-state index < -0.39 is 0 Å². The SMILES string of the molecule is C=C(C(=O)Nc1cccc2cccnc12)c1ccc2c(c1)OCO2. The number of ether oxygens (including phenoxy) is 2. The lowest BCUT2D eigenvalue weighted by Crippen LogP contribution is -2.13. The molecule has 1 amide bonds. The molecule has 0 spiro atoms. The van der Waals surface area contributed by atoms with Crippen LogP contribution >= 0.6 is 0 Å². The Morgan fingerprint density at radius 1 is 1.08 bits per heavy atom. The topological polar surface area (TPSA) is 60.5 Å². The Bertz CT molecular complexity index is 960. The van der Waals surface area contributed by atoms with E-state index >= 15 is 0 Å². The number of hydrogen-bond donors (Lipinski definition) is 1. The molecule has 5 heteroatoms. The van der Waals surface area contributed by atoms with E-state index in [0.717, 1.165) is 10.9 Å². The van der Waals surface area contributed by atoms with E-state index in [2.05, 4.69) is 16.9 Å². The summed E-state index contributed by atoms with van der Waals surface area (Å²) in [4.78, 5) is 16.9. The van der Waals surface area contributed by atoms with Crippen LogP contribution in [0.1, 0.15) is 5.56 Å². The number of hydrogen-bond acceptors (Lipinski definition) is 4. The zero-order valence-corrected chi connectivity index (χ0v) is 12.8. The van der Waals surface area contributed by atoms with Crippen molar-refractivity contribution in [3.63, 3.8) is 0 Å². The van der Waals surface area contributed by atoms with E-state index in [-0.39, 0.29) is 12.7 Å². The molecule has 0 radical (unpaired) electrons. The van der Waals surface area contributed by atoms with E-state index in [1.54, 1.807) is 24.4 Å². The lowest BCUT2D eigenvalue weighted by Gasteiger charge is -2.10. The second-order valence-corrected chi connectivity index (χ2v) is 5.38. The van der Waals surface area contributed by atoms with Gasteiger partial charge in [0.05, 0.1) is 11.2 Å². The van der Waals surface area contributed by atoms with Crippen molar-refractivity contribution in [1.29, 1.82) is 0 Å². The molecule has 118 valence electrons. The summed E-state index contributed by atoms with van der Waals surface area (Å²) in [6, 6.07) is 14.8. The minimum atomic E-state index is -0.285. The molecule has 2 heterocycles. The molecule has 3 aromatic rings. The molecule has 2 aromatic carbocycles. The van der Waals surface area contributed by atoms with E-state index in [4.69, 9.17) is 9.47 Å². The van der Waals surface area contributed by atoms with Gasteiger partial charge in [0, 0.05) is 17.2 Å². The van der Waals surface area contributed by atoms with Gasteiger partial charge < -0.3 is 14.8 Å². The van der Waals surface area contributed by atoms with Crippen LogP contribution in [0.25, 0.3) is 16.5 Å². The molecule has 24 heavy (non-hydrogen) atoms. The fourth-order valence-corrected chi connectivity index (χ4v) is 2.62. The lowest BCUT2D eigenvalue weighted by atomic mass is 10.1. The Balaban J connectivity index is 1.60. The fourth-order valence-electron chi connectivity index (χ4n) is 2.62. The Hall–Kier alpha value is -3.34. The van der Waals surface area contributed by atoms with Crippen LogP contribution in [0.15, 0.2) is 61.3 Å². The molecule has 5 nitrogen and oxygen atoms in total. The minimum absolute atomic E-state index is 0.194. The third kappa shape index (κ3) is 2.46. The lowest BCUT2D eigenvalue weighted by molar-refractivity contribution is -0.111. The fraction of sp³-hybridized carbons (Fsp3) is 0.0526. The van der Waals surface area contributed by atoms with Crippen molar-refractivity contribution >= 4 is 28.1 Å². The van der Waals surface area contributed by atoms with Gasteiger partial charge in [0.2, 0.25) is 6.79 Å². The molecule has 0 fully saturated rings. The van der Waals surface area contributed by atoms with E-state index in [0.29, 0.717) is 28.3 Å². The number of carbonyl (C=O) groups excluding carboxylic acids is 1. The first kappa shape index (κ1) is 14.3. The Morgan fingerprint density at radius 2 is 1.92 bits per heavy atom. The highest BCUT2D eigenvalue weighted by atomic mass is 16.7. The summed E-state index contributed by atoms with van der Waals surface area (Å²) in [5.41, 5.74) is 2.43. The van der Waals surface area contributed by atoms with Gasteiger partial charge in [-0.1, -0.05) is 30.8 Å². The molecule has 0 bridgehead atoms. The molecular weight excluding hydrogens is 304 g/mol. The predicted octanol–water partition coefficient (Wildman–Crippen LogP) is 3.62. The smallest absolute Gasteiger partial charge is 0.255 e. The second-order valence-electron chi connectivity index (χ2n) is 5.38. The standard InChI is InChI=1S/C19H14N2O3/c1-12(14-7-8-16-17(10-14)24-11-23-16)19(22)21-15-6-2-4-13-5-3-9-20-18(13)15/h2-10H,1,11H2,(H,21,22). The molecule has 0 saturated heterocycles. The highest BCUT2D eigenvalue weighted by Gasteiger charge is 2.17. The quantitative estimate of drug-likeness (QED) is 0.749. The summed E-state index contributed by atoms with van der Waals surface area (Å²) >= 11 is 0. The van der Waals surface area contributed by atoms with Crippen LogP contribution in [-0.2, 0) is 4.79 Å². The zero-order valence-electron chi connectivity index (χ0n) is 12.8. The number of aromatic nitrogens is 1. The van der Waals surface area contributed by atoms with Crippen LogP contribution in [0.5, 0.6) is 11.5 Å². The Labute approximate surface area is 138 Å². The maximum atomic E-state index is 12.5. The second kappa shape index (κ2) is 5.70. The molecule has 0 atom stereocenters. The average Bonchev–Trinajstić information content (AvgIpc) is 3.09. The first-order chi connectivity index (χ1) is 11.7. The summed E-state index contributed by atoms with van der Waals surface area (Å²) in [7, 11) is 0. The highest BCUT2D eigenvalue weighted by Crippen LogP contribution is 2.34. The number of pyridine rings is 1. The van der Waals surface area contributed by atoms with Gasteiger partial charge in [0.15, 0.2) is 11.5 Å². The van der Waals surface area contributed by atoms with Gasteiger partial charge in [-0.15, -0.1) is 0 Å². The van der Waals surface area contributed by atoms with Gasteiger partial charge in [-0.25, -0.2) is 0 Å². The van der Waals surface area contributed by atoms with Gasteiger partial charge in [0.1, 0.15) is 0 Å². The van der Waals surface area contributed by atoms with Crippen LogP contribution in [0.4, 0.5) is 5.69 Å². The number of fused-ring (bicyclic) bond motifs is 2. The van der Waals surface area contributed by atoms with Crippen LogP contribution in [0.3, 0.4) is 0 Å². The van der Waals surface area contributed by atoms with Crippen molar-refractivity contribution in [2.45, 2.75) is 0 Å². The average molecular weight is 318 g/mol. The molecule has 0 aliphatic carbocycles. The molecule has 1 N–H and O–H groups in total. The van der Waals surface area contributed by atoms with Crippen LogP contribution in [0, 0.1) is 0 Å². The Kier molecular flexibility index (Phi) is 3.39. The van der Waals surface area contributed by atoms with E-state index in [1.807, 2.05) is 30.3 Å². The van der Waals surface area contributed by atoms with Crippen molar-refractivity contribution in [3.05, 3.63) is 66.9 Å².